The van der Waals surface area contributed by atoms with E-state index in [0.29, 0.717) is 13.0 Å². The van der Waals surface area contributed by atoms with Crippen molar-refractivity contribution in [2.24, 2.45) is 5.41 Å². The lowest BCUT2D eigenvalue weighted by atomic mass is 9.97. The van der Waals surface area contributed by atoms with E-state index in [1.165, 1.54) is 5.56 Å². The number of ether oxygens (including phenoxy) is 2. The first-order chi connectivity index (χ1) is 9.97. The molecule has 3 nitrogen and oxygen atoms in total. The standard InChI is InChI=1S/C18H22O3/c1-18(2,3)17(19)21-11-5-4-7-14-9-10-16-15(13-14)8-6-12-20-16/h9-10,13H,5-6,8,11-12H2,1-3H3. The second-order valence-corrected chi connectivity index (χ2v) is 6.21. The molecule has 0 saturated heterocycles. The normalized spacial score (nSPS) is 13.5. The van der Waals surface area contributed by atoms with Gasteiger partial charge in [-0.25, -0.2) is 0 Å². The molecule has 0 atom stereocenters. The molecule has 0 bridgehead atoms. The fourth-order valence-electron chi connectivity index (χ4n) is 2.01. The van der Waals surface area contributed by atoms with E-state index in [-0.39, 0.29) is 5.97 Å². The van der Waals surface area contributed by atoms with Crippen LogP contribution in [0.2, 0.25) is 0 Å². The quantitative estimate of drug-likeness (QED) is 0.475. The van der Waals surface area contributed by atoms with Gasteiger partial charge in [-0.2, -0.15) is 0 Å². The van der Waals surface area contributed by atoms with Crippen LogP contribution in [0.5, 0.6) is 5.75 Å². The molecule has 0 aromatic heterocycles. The first-order valence-corrected chi connectivity index (χ1v) is 7.38. The zero-order valence-corrected chi connectivity index (χ0v) is 13.0. The van der Waals surface area contributed by atoms with Crippen molar-refractivity contribution in [3.63, 3.8) is 0 Å². The molecular formula is C18H22O3. The van der Waals surface area contributed by atoms with Crippen LogP contribution in [0, 0.1) is 17.3 Å². The molecule has 1 aromatic carbocycles. The van der Waals surface area contributed by atoms with E-state index >= 15 is 0 Å². The predicted molar refractivity (Wildman–Crippen MR) is 82.2 cm³/mol. The minimum atomic E-state index is -0.452. The summed E-state index contributed by atoms with van der Waals surface area (Å²) in [7, 11) is 0. The fourth-order valence-corrected chi connectivity index (χ4v) is 2.01. The largest absolute Gasteiger partial charge is 0.493 e. The van der Waals surface area contributed by atoms with Crippen molar-refractivity contribution in [2.75, 3.05) is 13.2 Å². The van der Waals surface area contributed by atoms with Gasteiger partial charge in [-0.3, -0.25) is 4.79 Å². The Morgan fingerprint density at radius 2 is 2.19 bits per heavy atom. The third kappa shape index (κ3) is 4.53. The molecule has 1 heterocycles. The van der Waals surface area contributed by atoms with E-state index in [2.05, 4.69) is 17.9 Å². The second kappa shape index (κ2) is 6.67. The topological polar surface area (TPSA) is 35.5 Å². The fraction of sp³-hybridized carbons (Fsp3) is 0.500. The molecule has 1 aliphatic rings. The molecule has 1 aromatic rings. The Labute approximate surface area is 126 Å². The number of esters is 1. The van der Waals surface area contributed by atoms with Crippen LogP contribution < -0.4 is 4.74 Å². The minimum Gasteiger partial charge on any atom is -0.493 e. The van der Waals surface area contributed by atoms with Gasteiger partial charge in [0.05, 0.1) is 12.0 Å². The maximum Gasteiger partial charge on any atom is 0.311 e. The van der Waals surface area contributed by atoms with E-state index in [4.69, 9.17) is 9.47 Å². The van der Waals surface area contributed by atoms with Gasteiger partial charge in [-0.15, -0.1) is 0 Å². The van der Waals surface area contributed by atoms with Gasteiger partial charge in [0, 0.05) is 12.0 Å². The van der Waals surface area contributed by atoms with Crippen molar-refractivity contribution < 1.29 is 14.3 Å². The Bertz CT molecular complexity index is 570. The van der Waals surface area contributed by atoms with Gasteiger partial charge in [0.2, 0.25) is 0 Å². The monoisotopic (exact) mass is 286 g/mol. The van der Waals surface area contributed by atoms with E-state index in [0.717, 1.165) is 30.8 Å². The van der Waals surface area contributed by atoms with Crippen LogP contribution >= 0.6 is 0 Å². The van der Waals surface area contributed by atoms with Gasteiger partial charge < -0.3 is 9.47 Å². The van der Waals surface area contributed by atoms with Crippen LogP contribution in [-0.4, -0.2) is 19.2 Å². The minimum absolute atomic E-state index is 0.185. The average molecular weight is 286 g/mol. The molecule has 0 unspecified atom stereocenters. The van der Waals surface area contributed by atoms with Crippen LogP contribution in [-0.2, 0) is 16.0 Å². The number of rotatable bonds is 2. The maximum atomic E-state index is 11.6. The molecule has 0 fully saturated rings. The average Bonchev–Trinajstić information content (AvgIpc) is 2.45. The van der Waals surface area contributed by atoms with Crippen LogP contribution in [0.3, 0.4) is 0 Å². The number of aryl methyl sites for hydroxylation is 1. The van der Waals surface area contributed by atoms with E-state index < -0.39 is 5.41 Å². The highest BCUT2D eigenvalue weighted by molar-refractivity contribution is 5.75. The van der Waals surface area contributed by atoms with Crippen LogP contribution in [0.1, 0.15) is 44.7 Å². The van der Waals surface area contributed by atoms with Crippen molar-refractivity contribution in [2.45, 2.75) is 40.0 Å². The summed E-state index contributed by atoms with van der Waals surface area (Å²) >= 11 is 0. The van der Waals surface area contributed by atoms with Gasteiger partial charge in [0.1, 0.15) is 12.4 Å². The van der Waals surface area contributed by atoms with Gasteiger partial charge in [0.25, 0.3) is 0 Å². The lowest BCUT2D eigenvalue weighted by molar-refractivity contribution is -0.152. The van der Waals surface area contributed by atoms with Crippen LogP contribution in [0.15, 0.2) is 18.2 Å². The van der Waals surface area contributed by atoms with Gasteiger partial charge >= 0.3 is 5.97 Å². The molecule has 0 N–H and O–H groups in total. The number of hydrogen-bond donors (Lipinski definition) is 0. The molecule has 21 heavy (non-hydrogen) atoms. The SMILES string of the molecule is CC(C)(C)C(=O)OCCC#Cc1ccc2c(c1)CCCO2. The second-order valence-electron chi connectivity index (χ2n) is 6.21. The van der Waals surface area contributed by atoms with Gasteiger partial charge in [0.15, 0.2) is 0 Å². The number of fused-ring (bicyclic) bond motifs is 1. The summed E-state index contributed by atoms with van der Waals surface area (Å²) < 4.78 is 10.7. The lowest BCUT2D eigenvalue weighted by Crippen LogP contribution is -2.23. The van der Waals surface area contributed by atoms with E-state index in [9.17, 15) is 4.79 Å². The molecule has 0 saturated carbocycles. The highest BCUT2D eigenvalue weighted by atomic mass is 16.5. The van der Waals surface area contributed by atoms with Crippen molar-refractivity contribution in [3.8, 4) is 17.6 Å². The summed E-state index contributed by atoms with van der Waals surface area (Å²) in [4.78, 5) is 11.6. The third-order valence-corrected chi connectivity index (χ3v) is 3.21. The van der Waals surface area contributed by atoms with E-state index in [1.807, 2.05) is 32.9 Å². The molecule has 0 amide bonds. The number of carbonyl (C=O) groups excluding carboxylic acids is 1. The summed E-state index contributed by atoms with van der Waals surface area (Å²) in [6.07, 6.45) is 2.66. The Balaban J connectivity index is 1.84. The molecule has 2 rings (SSSR count). The first kappa shape index (κ1) is 15.4. The van der Waals surface area contributed by atoms with E-state index in [1.54, 1.807) is 0 Å². The highest BCUT2D eigenvalue weighted by Gasteiger charge is 2.22. The Morgan fingerprint density at radius 3 is 2.95 bits per heavy atom. The number of benzene rings is 1. The number of hydrogen-bond acceptors (Lipinski definition) is 3. The molecule has 0 radical (unpaired) electrons. The zero-order valence-electron chi connectivity index (χ0n) is 13.0. The maximum absolute atomic E-state index is 11.6. The molecule has 0 aliphatic carbocycles. The number of carbonyl (C=O) groups is 1. The molecule has 112 valence electrons. The summed E-state index contributed by atoms with van der Waals surface area (Å²) in [6, 6.07) is 6.04. The Hall–Kier alpha value is -1.95. The zero-order chi connectivity index (χ0) is 15.3. The van der Waals surface area contributed by atoms with Crippen molar-refractivity contribution >= 4 is 5.97 Å². The van der Waals surface area contributed by atoms with Crippen molar-refractivity contribution in [3.05, 3.63) is 29.3 Å². The first-order valence-electron chi connectivity index (χ1n) is 7.38. The molecule has 3 heteroatoms. The summed E-state index contributed by atoms with van der Waals surface area (Å²) in [5, 5.41) is 0. The highest BCUT2D eigenvalue weighted by Crippen LogP contribution is 2.25. The lowest BCUT2D eigenvalue weighted by Gasteiger charge is -2.16. The van der Waals surface area contributed by atoms with Crippen LogP contribution in [0.4, 0.5) is 0 Å². The molecule has 0 spiro atoms. The Morgan fingerprint density at radius 1 is 1.38 bits per heavy atom. The van der Waals surface area contributed by atoms with Crippen LogP contribution in [0.25, 0.3) is 0 Å². The van der Waals surface area contributed by atoms with Crippen molar-refractivity contribution in [1.29, 1.82) is 0 Å². The summed E-state index contributed by atoms with van der Waals surface area (Å²) in [5.41, 5.74) is 1.76. The molecular weight excluding hydrogens is 264 g/mol. The van der Waals surface area contributed by atoms with Crippen molar-refractivity contribution in [1.82, 2.24) is 0 Å². The Kier molecular flexibility index (Phi) is 4.90. The smallest absolute Gasteiger partial charge is 0.311 e. The predicted octanol–water partition coefficient (Wildman–Crippen LogP) is 3.34. The summed E-state index contributed by atoms with van der Waals surface area (Å²) in [5.74, 6) is 6.95. The third-order valence-electron chi connectivity index (χ3n) is 3.21. The molecule has 1 aliphatic heterocycles. The van der Waals surface area contributed by atoms with Gasteiger partial charge in [-0.05, 0) is 57.4 Å². The van der Waals surface area contributed by atoms with Gasteiger partial charge in [-0.1, -0.05) is 11.8 Å². The summed E-state index contributed by atoms with van der Waals surface area (Å²) in [6.45, 7) is 6.68.